The van der Waals surface area contributed by atoms with Crippen LogP contribution < -0.4 is 0 Å². The molecular weight excluding hydrogens is 126 g/mol. The second-order valence-electron chi connectivity index (χ2n) is 3.27. The normalized spacial score (nSPS) is 37.5. The molecule has 2 nitrogen and oxygen atoms in total. The first kappa shape index (κ1) is 8.02. The van der Waals surface area contributed by atoms with Crippen molar-refractivity contribution in [3.63, 3.8) is 0 Å². The molecule has 0 aromatic carbocycles. The average Bonchev–Trinajstić information content (AvgIpc) is 2.04. The Balaban J connectivity index is 2.46. The molecule has 1 rings (SSSR count). The molecule has 1 heterocycles. The van der Waals surface area contributed by atoms with Gasteiger partial charge in [-0.2, -0.15) is 0 Å². The maximum atomic E-state index is 5.41. The molecule has 0 amide bonds. The van der Waals surface area contributed by atoms with Crippen molar-refractivity contribution in [1.82, 2.24) is 4.90 Å². The SMILES string of the molecule is CC1COCCN(C)C1C. The fourth-order valence-electron chi connectivity index (χ4n) is 1.26. The van der Waals surface area contributed by atoms with Crippen molar-refractivity contribution in [2.45, 2.75) is 19.9 Å². The van der Waals surface area contributed by atoms with Crippen LogP contribution in [0.15, 0.2) is 0 Å². The van der Waals surface area contributed by atoms with Gasteiger partial charge in [-0.25, -0.2) is 0 Å². The highest BCUT2D eigenvalue weighted by Crippen LogP contribution is 2.12. The molecule has 0 bridgehead atoms. The Morgan fingerprint density at radius 1 is 1.40 bits per heavy atom. The highest BCUT2D eigenvalue weighted by molar-refractivity contribution is 4.72. The minimum Gasteiger partial charge on any atom is -0.380 e. The van der Waals surface area contributed by atoms with Crippen molar-refractivity contribution in [2.24, 2.45) is 5.92 Å². The van der Waals surface area contributed by atoms with Gasteiger partial charge in [0.25, 0.3) is 0 Å². The van der Waals surface area contributed by atoms with Crippen LogP contribution in [-0.2, 0) is 4.74 Å². The molecule has 2 unspecified atom stereocenters. The fourth-order valence-corrected chi connectivity index (χ4v) is 1.26. The summed E-state index contributed by atoms with van der Waals surface area (Å²) in [6, 6.07) is 0.669. The lowest BCUT2D eigenvalue weighted by atomic mass is 10.0. The molecule has 0 N–H and O–H groups in total. The van der Waals surface area contributed by atoms with Crippen molar-refractivity contribution in [3.05, 3.63) is 0 Å². The van der Waals surface area contributed by atoms with Crippen LogP contribution in [0.5, 0.6) is 0 Å². The van der Waals surface area contributed by atoms with Crippen LogP contribution in [0.3, 0.4) is 0 Å². The highest BCUT2D eigenvalue weighted by atomic mass is 16.5. The van der Waals surface area contributed by atoms with Crippen molar-refractivity contribution < 1.29 is 4.74 Å². The third kappa shape index (κ3) is 1.70. The van der Waals surface area contributed by atoms with Gasteiger partial charge in [-0.3, -0.25) is 0 Å². The van der Waals surface area contributed by atoms with E-state index < -0.39 is 0 Å². The van der Waals surface area contributed by atoms with E-state index in [0.717, 1.165) is 19.8 Å². The van der Waals surface area contributed by atoms with Crippen molar-refractivity contribution in [3.8, 4) is 0 Å². The van der Waals surface area contributed by atoms with Gasteiger partial charge in [-0.05, 0) is 19.9 Å². The van der Waals surface area contributed by atoms with Crippen LogP contribution in [0.4, 0.5) is 0 Å². The van der Waals surface area contributed by atoms with E-state index in [-0.39, 0.29) is 0 Å². The maximum Gasteiger partial charge on any atom is 0.0593 e. The second kappa shape index (κ2) is 3.35. The topological polar surface area (TPSA) is 12.5 Å². The monoisotopic (exact) mass is 143 g/mol. The van der Waals surface area contributed by atoms with Crippen molar-refractivity contribution in [1.29, 1.82) is 0 Å². The number of hydrogen-bond acceptors (Lipinski definition) is 2. The third-order valence-electron chi connectivity index (χ3n) is 2.49. The van der Waals surface area contributed by atoms with E-state index in [2.05, 4.69) is 25.8 Å². The molecule has 0 saturated carbocycles. The van der Waals surface area contributed by atoms with Crippen LogP contribution in [0.1, 0.15) is 13.8 Å². The molecule has 0 aromatic heterocycles. The highest BCUT2D eigenvalue weighted by Gasteiger charge is 2.19. The summed E-state index contributed by atoms with van der Waals surface area (Å²) in [6.45, 7) is 7.40. The molecule has 0 aromatic rings. The van der Waals surface area contributed by atoms with E-state index >= 15 is 0 Å². The van der Waals surface area contributed by atoms with Crippen LogP contribution in [0.25, 0.3) is 0 Å². The minimum absolute atomic E-state index is 0.669. The van der Waals surface area contributed by atoms with E-state index in [9.17, 15) is 0 Å². The molecule has 0 spiro atoms. The van der Waals surface area contributed by atoms with Gasteiger partial charge < -0.3 is 9.64 Å². The lowest BCUT2D eigenvalue weighted by Gasteiger charge is -2.24. The lowest BCUT2D eigenvalue weighted by Crippen LogP contribution is -2.34. The first-order chi connectivity index (χ1) is 4.72. The number of rotatable bonds is 0. The predicted molar refractivity (Wildman–Crippen MR) is 42.1 cm³/mol. The standard InChI is InChI=1S/C8H17NO/c1-7-6-10-5-4-9(3)8(7)2/h7-8H,4-6H2,1-3H3. The van der Waals surface area contributed by atoms with Gasteiger partial charge in [0.2, 0.25) is 0 Å². The fraction of sp³-hybridized carbons (Fsp3) is 1.00. The first-order valence-electron chi connectivity index (χ1n) is 4.00. The number of nitrogens with zero attached hydrogens (tertiary/aromatic N) is 1. The summed E-state index contributed by atoms with van der Waals surface area (Å²) in [7, 11) is 2.16. The van der Waals surface area contributed by atoms with E-state index in [0.29, 0.717) is 12.0 Å². The largest absolute Gasteiger partial charge is 0.380 e. The van der Waals surface area contributed by atoms with Gasteiger partial charge in [-0.15, -0.1) is 0 Å². The minimum atomic E-state index is 0.669. The van der Waals surface area contributed by atoms with E-state index in [4.69, 9.17) is 4.74 Å². The average molecular weight is 143 g/mol. The molecule has 1 aliphatic heterocycles. The van der Waals surface area contributed by atoms with Crippen molar-refractivity contribution in [2.75, 3.05) is 26.8 Å². The Kier molecular flexibility index (Phi) is 2.69. The summed E-state index contributed by atoms with van der Waals surface area (Å²) in [5, 5.41) is 0. The molecule has 0 aliphatic carbocycles. The molecule has 1 aliphatic rings. The van der Waals surface area contributed by atoms with Gasteiger partial charge in [-0.1, -0.05) is 6.92 Å². The van der Waals surface area contributed by atoms with Crippen LogP contribution in [0, 0.1) is 5.92 Å². The first-order valence-corrected chi connectivity index (χ1v) is 4.00. The molecule has 1 fully saturated rings. The molecule has 10 heavy (non-hydrogen) atoms. The van der Waals surface area contributed by atoms with Crippen LogP contribution in [-0.4, -0.2) is 37.7 Å². The van der Waals surface area contributed by atoms with Gasteiger partial charge >= 0.3 is 0 Å². The Labute approximate surface area is 63.2 Å². The molecule has 60 valence electrons. The summed E-state index contributed by atoms with van der Waals surface area (Å²) in [4.78, 5) is 2.36. The summed E-state index contributed by atoms with van der Waals surface area (Å²) in [5.74, 6) is 0.674. The third-order valence-corrected chi connectivity index (χ3v) is 2.49. The number of ether oxygens (including phenoxy) is 1. The summed E-state index contributed by atoms with van der Waals surface area (Å²) >= 11 is 0. The quantitative estimate of drug-likeness (QED) is 0.501. The van der Waals surface area contributed by atoms with E-state index in [1.54, 1.807) is 0 Å². The maximum absolute atomic E-state index is 5.41. The number of likely N-dealkylation sites (N-methyl/N-ethyl adjacent to an activating group) is 1. The Hall–Kier alpha value is -0.0800. The molecule has 0 radical (unpaired) electrons. The van der Waals surface area contributed by atoms with E-state index in [1.807, 2.05) is 0 Å². The van der Waals surface area contributed by atoms with Gasteiger partial charge in [0.1, 0.15) is 0 Å². The molecule has 1 saturated heterocycles. The number of hydrogen-bond donors (Lipinski definition) is 0. The molecule has 2 heteroatoms. The van der Waals surface area contributed by atoms with Gasteiger partial charge in [0.15, 0.2) is 0 Å². The van der Waals surface area contributed by atoms with Crippen molar-refractivity contribution >= 4 is 0 Å². The summed E-state index contributed by atoms with van der Waals surface area (Å²) < 4.78 is 5.41. The summed E-state index contributed by atoms with van der Waals surface area (Å²) in [5.41, 5.74) is 0. The zero-order valence-corrected chi connectivity index (χ0v) is 7.13. The van der Waals surface area contributed by atoms with E-state index in [1.165, 1.54) is 0 Å². The zero-order valence-electron chi connectivity index (χ0n) is 7.13. The Morgan fingerprint density at radius 2 is 2.10 bits per heavy atom. The zero-order chi connectivity index (χ0) is 7.56. The van der Waals surface area contributed by atoms with Crippen LogP contribution >= 0.6 is 0 Å². The van der Waals surface area contributed by atoms with Gasteiger partial charge in [0, 0.05) is 12.6 Å². The van der Waals surface area contributed by atoms with Gasteiger partial charge in [0.05, 0.1) is 13.2 Å². The Bertz CT molecular complexity index is 93.4. The van der Waals surface area contributed by atoms with Crippen LogP contribution in [0.2, 0.25) is 0 Å². The molecule has 2 atom stereocenters. The molecular formula is C8H17NO. The predicted octanol–water partition coefficient (Wildman–Crippen LogP) is 0.973. The summed E-state index contributed by atoms with van der Waals surface area (Å²) in [6.07, 6.45) is 0. The smallest absolute Gasteiger partial charge is 0.0593 e. The Morgan fingerprint density at radius 3 is 2.80 bits per heavy atom. The lowest BCUT2D eigenvalue weighted by molar-refractivity contribution is 0.124. The second-order valence-corrected chi connectivity index (χ2v) is 3.27.